The maximum absolute atomic E-state index is 5.12. The zero-order chi connectivity index (χ0) is 29.7. The van der Waals surface area contributed by atoms with Gasteiger partial charge in [-0.2, -0.15) is 0 Å². The molecule has 9 aromatic rings. The van der Waals surface area contributed by atoms with Crippen molar-refractivity contribution in [2.45, 2.75) is 0 Å². The van der Waals surface area contributed by atoms with Gasteiger partial charge in [-0.1, -0.05) is 127 Å². The van der Waals surface area contributed by atoms with Crippen LogP contribution in [0.5, 0.6) is 0 Å². The Hall–Kier alpha value is -6.13. The molecule has 0 aliphatic carbocycles. The summed E-state index contributed by atoms with van der Waals surface area (Å²) in [4.78, 5) is 15.2. The normalized spacial score (nSPS) is 11.6. The molecule has 0 amide bonds. The Bertz CT molecular complexity index is 2490. The summed E-state index contributed by atoms with van der Waals surface area (Å²) in [6.45, 7) is 0. The Morgan fingerprint density at radius 1 is 0.356 bits per heavy atom. The summed E-state index contributed by atoms with van der Waals surface area (Å²) in [5.41, 5.74) is 6.37. The second kappa shape index (κ2) is 10.2. The molecule has 0 atom stereocenters. The average Bonchev–Trinajstić information content (AvgIpc) is 3.45. The summed E-state index contributed by atoms with van der Waals surface area (Å²) >= 11 is 0. The lowest BCUT2D eigenvalue weighted by molar-refractivity contribution is 1.08. The molecule has 9 rings (SSSR count). The van der Waals surface area contributed by atoms with Crippen molar-refractivity contribution in [3.8, 4) is 39.9 Å². The predicted molar refractivity (Wildman–Crippen MR) is 185 cm³/mol. The SMILES string of the molecule is c1ccc(-c2nc(-c3ccc4ccccc4c3)nc(-c3ccc(-n4c5ccccc5c5ccccc54)c4ccccc34)n2)cc1. The third-order valence-corrected chi connectivity index (χ3v) is 8.64. The van der Waals surface area contributed by atoms with E-state index < -0.39 is 0 Å². The first-order valence-electron chi connectivity index (χ1n) is 15.1. The van der Waals surface area contributed by atoms with Gasteiger partial charge in [0.2, 0.25) is 0 Å². The number of hydrogen-bond donors (Lipinski definition) is 0. The van der Waals surface area contributed by atoms with Crippen LogP contribution in [0.15, 0.2) is 158 Å². The minimum atomic E-state index is 0.650. The van der Waals surface area contributed by atoms with Gasteiger partial charge in [-0.05, 0) is 46.5 Å². The summed E-state index contributed by atoms with van der Waals surface area (Å²) in [6, 6.07) is 55.1. The summed E-state index contributed by atoms with van der Waals surface area (Å²) in [5, 5.41) is 7.05. The Morgan fingerprint density at radius 3 is 1.64 bits per heavy atom. The number of fused-ring (bicyclic) bond motifs is 5. The van der Waals surface area contributed by atoms with E-state index in [4.69, 9.17) is 15.0 Å². The predicted octanol–water partition coefficient (Wildman–Crippen LogP) is 10.3. The van der Waals surface area contributed by atoms with Crippen LogP contribution in [0, 0.1) is 0 Å². The van der Waals surface area contributed by atoms with Crippen molar-refractivity contribution < 1.29 is 0 Å². The third kappa shape index (κ3) is 4.19. The van der Waals surface area contributed by atoms with Gasteiger partial charge in [0.05, 0.1) is 16.7 Å². The van der Waals surface area contributed by atoms with Gasteiger partial charge in [-0.3, -0.25) is 0 Å². The molecule has 0 aliphatic rings. The minimum Gasteiger partial charge on any atom is -0.309 e. The smallest absolute Gasteiger partial charge is 0.164 e. The molecule has 210 valence electrons. The third-order valence-electron chi connectivity index (χ3n) is 8.64. The second-order valence-corrected chi connectivity index (χ2v) is 11.3. The maximum atomic E-state index is 5.12. The zero-order valence-corrected chi connectivity index (χ0v) is 24.3. The molecule has 0 bridgehead atoms. The second-order valence-electron chi connectivity index (χ2n) is 11.3. The van der Waals surface area contributed by atoms with Crippen LogP contribution in [0.2, 0.25) is 0 Å². The first kappa shape index (κ1) is 25.4. The van der Waals surface area contributed by atoms with E-state index >= 15 is 0 Å². The molecule has 45 heavy (non-hydrogen) atoms. The monoisotopic (exact) mass is 574 g/mol. The number of rotatable bonds is 4. The van der Waals surface area contributed by atoms with E-state index in [1.165, 1.54) is 27.2 Å². The number of hydrogen-bond acceptors (Lipinski definition) is 3. The van der Waals surface area contributed by atoms with Gasteiger partial charge in [-0.25, -0.2) is 15.0 Å². The Morgan fingerprint density at radius 2 is 0.911 bits per heavy atom. The fourth-order valence-corrected chi connectivity index (χ4v) is 6.53. The van der Waals surface area contributed by atoms with Crippen molar-refractivity contribution in [2.75, 3.05) is 0 Å². The van der Waals surface area contributed by atoms with Gasteiger partial charge in [0, 0.05) is 32.8 Å². The topological polar surface area (TPSA) is 43.6 Å². The number of benzene rings is 7. The molecule has 0 saturated carbocycles. The maximum Gasteiger partial charge on any atom is 0.164 e. The van der Waals surface area contributed by atoms with Crippen LogP contribution in [0.4, 0.5) is 0 Å². The standard InChI is InChI=1S/C41H26N4/c1-2-13-28(14-3-1)39-42-40(30-23-22-27-12-4-5-15-29(27)26-30)44-41(43-39)35-24-25-38(32-17-7-6-16-31(32)35)45-36-20-10-8-18-33(36)34-19-9-11-21-37(34)45/h1-26H. The van der Waals surface area contributed by atoms with Crippen molar-refractivity contribution in [3.05, 3.63) is 158 Å². The van der Waals surface area contributed by atoms with Crippen LogP contribution >= 0.6 is 0 Å². The highest BCUT2D eigenvalue weighted by Crippen LogP contribution is 2.38. The summed E-state index contributed by atoms with van der Waals surface area (Å²) in [5.74, 6) is 1.96. The number of aromatic nitrogens is 4. The molecule has 0 spiro atoms. The molecular formula is C41H26N4. The molecule has 0 unspecified atom stereocenters. The van der Waals surface area contributed by atoms with Crippen LogP contribution in [-0.2, 0) is 0 Å². The fourth-order valence-electron chi connectivity index (χ4n) is 6.53. The molecule has 2 heterocycles. The van der Waals surface area contributed by atoms with E-state index in [1.807, 2.05) is 30.3 Å². The Labute approximate surface area is 259 Å². The summed E-state index contributed by atoms with van der Waals surface area (Å²) in [7, 11) is 0. The Kier molecular flexibility index (Phi) is 5.78. The van der Waals surface area contributed by atoms with Gasteiger partial charge in [0.15, 0.2) is 17.5 Å². The van der Waals surface area contributed by atoms with Gasteiger partial charge in [0.1, 0.15) is 0 Å². The highest BCUT2D eigenvalue weighted by molar-refractivity contribution is 6.11. The largest absolute Gasteiger partial charge is 0.309 e. The van der Waals surface area contributed by atoms with Crippen molar-refractivity contribution in [3.63, 3.8) is 0 Å². The molecule has 4 heteroatoms. The van der Waals surface area contributed by atoms with E-state index in [0.29, 0.717) is 17.5 Å². The average molecular weight is 575 g/mol. The molecule has 0 saturated heterocycles. The van der Waals surface area contributed by atoms with Gasteiger partial charge in [-0.15, -0.1) is 0 Å². The summed E-state index contributed by atoms with van der Waals surface area (Å²) < 4.78 is 2.38. The van der Waals surface area contributed by atoms with Crippen LogP contribution in [0.25, 0.3) is 83.2 Å². The molecule has 0 N–H and O–H groups in total. The molecule has 0 radical (unpaired) electrons. The van der Waals surface area contributed by atoms with Crippen molar-refractivity contribution in [1.82, 2.24) is 19.5 Å². The molecule has 2 aromatic heterocycles. The first-order valence-corrected chi connectivity index (χ1v) is 15.1. The van der Waals surface area contributed by atoms with E-state index in [0.717, 1.165) is 38.5 Å². The van der Waals surface area contributed by atoms with Gasteiger partial charge >= 0.3 is 0 Å². The minimum absolute atomic E-state index is 0.650. The molecule has 0 fully saturated rings. The van der Waals surface area contributed by atoms with E-state index in [2.05, 4.69) is 132 Å². The molecule has 7 aromatic carbocycles. The van der Waals surface area contributed by atoms with Gasteiger partial charge < -0.3 is 4.57 Å². The van der Waals surface area contributed by atoms with Crippen molar-refractivity contribution >= 4 is 43.4 Å². The molecular weight excluding hydrogens is 548 g/mol. The van der Waals surface area contributed by atoms with Crippen molar-refractivity contribution in [2.24, 2.45) is 0 Å². The summed E-state index contributed by atoms with van der Waals surface area (Å²) in [6.07, 6.45) is 0. The number of para-hydroxylation sites is 2. The highest BCUT2D eigenvalue weighted by Gasteiger charge is 2.18. The number of nitrogens with zero attached hydrogens (tertiary/aromatic N) is 4. The lowest BCUT2D eigenvalue weighted by Gasteiger charge is -2.15. The van der Waals surface area contributed by atoms with Crippen LogP contribution in [-0.4, -0.2) is 19.5 Å². The fraction of sp³-hybridized carbons (Fsp3) is 0. The van der Waals surface area contributed by atoms with Gasteiger partial charge in [0.25, 0.3) is 0 Å². The van der Waals surface area contributed by atoms with Crippen LogP contribution in [0.3, 0.4) is 0 Å². The highest BCUT2D eigenvalue weighted by atomic mass is 15.0. The Balaban J connectivity index is 1.29. The van der Waals surface area contributed by atoms with E-state index in [9.17, 15) is 0 Å². The first-order chi connectivity index (χ1) is 22.3. The lowest BCUT2D eigenvalue weighted by Crippen LogP contribution is -2.01. The zero-order valence-electron chi connectivity index (χ0n) is 24.3. The lowest BCUT2D eigenvalue weighted by atomic mass is 10.0. The van der Waals surface area contributed by atoms with E-state index in [-0.39, 0.29) is 0 Å². The van der Waals surface area contributed by atoms with E-state index in [1.54, 1.807) is 0 Å². The molecule has 0 aliphatic heterocycles. The quantitative estimate of drug-likeness (QED) is 0.210. The van der Waals surface area contributed by atoms with Crippen LogP contribution in [0.1, 0.15) is 0 Å². The molecule has 4 nitrogen and oxygen atoms in total. The van der Waals surface area contributed by atoms with Crippen molar-refractivity contribution in [1.29, 1.82) is 0 Å². The van der Waals surface area contributed by atoms with Crippen LogP contribution < -0.4 is 0 Å².